The van der Waals surface area contributed by atoms with Crippen molar-refractivity contribution >= 4 is 5.91 Å². The Morgan fingerprint density at radius 3 is 2.67 bits per heavy atom. The average Bonchev–Trinajstić information content (AvgIpc) is 2.43. The van der Waals surface area contributed by atoms with Crippen molar-refractivity contribution in [2.75, 3.05) is 27.2 Å². The van der Waals surface area contributed by atoms with Gasteiger partial charge in [-0.05, 0) is 46.1 Å². The average molecular weight is 291 g/mol. The molecule has 1 amide bonds. The molecule has 5 heteroatoms. The molecule has 0 aromatic heterocycles. The normalized spacial score (nSPS) is 11.0. The highest BCUT2D eigenvalue weighted by atomic mass is 19.1. The number of nitrogens with one attached hydrogen (secondary N) is 1. The second kappa shape index (κ2) is 7.21. The van der Waals surface area contributed by atoms with Crippen LogP contribution in [-0.4, -0.2) is 43.5 Å². The number of amides is 1. The van der Waals surface area contributed by atoms with E-state index in [2.05, 4.69) is 17.2 Å². The highest BCUT2D eigenvalue weighted by molar-refractivity contribution is 5.96. The van der Waals surface area contributed by atoms with Gasteiger partial charge in [-0.25, -0.2) is 4.39 Å². The smallest absolute Gasteiger partial charge is 0.252 e. The standard InChI is InChI=1S/C16H22FN3O/c1-16(2,20(3)4)11-19-15(21)14-10-13(17)8-7-12(14)6-5-9-18/h7-8,10H,9,11,18H2,1-4H3,(H,19,21). The summed E-state index contributed by atoms with van der Waals surface area (Å²) >= 11 is 0. The molecular weight excluding hydrogens is 269 g/mol. The molecule has 0 unspecified atom stereocenters. The van der Waals surface area contributed by atoms with Crippen molar-refractivity contribution in [2.45, 2.75) is 19.4 Å². The van der Waals surface area contributed by atoms with Crippen molar-refractivity contribution < 1.29 is 9.18 Å². The number of nitrogens with two attached hydrogens (primary N) is 1. The van der Waals surface area contributed by atoms with Gasteiger partial charge in [-0.3, -0.25) is 4.79 Å². The first kappa shape index (κ1) is 17.2. The maximum Gasteiger partial charge on any atom is 0.252 e. The van der Waals surface area contributed by atoms with Gasteiger partial charge in [0.1, 0.15) is 5.82 Å². The second-order valence-corrected chi connectivity index (χ2v) is 5.59. The zero-order chi connectivity index (χ0) is 16.0. The van der Waals surface area contributed by atoms with Crippen LogP contribution in [0.4, 0.5) is 4.39 Å². The van der Waals surface area contributed by atoms with Crippen LogP contribution >= 0.6 is 0 Å². The molecule has 0 radical (unpaired) electrons. The molecule has 0 saturated heterocycles. The summed E-state index contributed by atoms with van der Waals surface area (Å²) in [5.41, 5.74) is 5.83. The topological polar surface area (TPSA) is 58.4 Å². The number of rotatable bonds is 4. The molecule has 0 aliphatic rings. The van der Waals surface area contributed by atoms with E-state index in [0.717, 1.165) is 0 Å². The van der Waals surface area contributed by atoms with Crippen molar-refractivity contribution in [3.63, 3.8) is 0 Å². The molecule has 1 aromatic carbocycles. The van der Waals surface area contributed by atoms with Crippen molar-refractivity contribution in [1.29, 1.82) is 0 Å². The number of likely N-dealkylation sites (N-methyl/N-ethyl adjacent to an activating group) is 1. The van der Waals surface area contributed by atoms with E-state index in [4.69, 9.17) is 5.73 Å². The van der Waals surface area contributed by atoms with Gasteiger partial charge in [-0.1, -0.05) is 11.8 Å². The molecule has 0 fully saturated rings. The highest BCUT2D eigenvalue weighted by Gasteiger charge is 2.22. The van der Waals surface area contributed by atoms with Crippen LogP contribution in [0, 0.1) is 17.7 Å². The Balaban J connectivity index is 2.94. The predicted octanol–water partition coefficient (Wildman–Crippen LogP) is 1.21. The Bertz CT molecular complexity index is 571. The molecule has 0 saturated carbocycles. The molecule has 0 bridgehead atoms. The Kier molecular flexibility index (Phi) is 5.89. The lowest BCUT2D eigenvalue weighted by molar-refractivity contribution is 0.0919. The first-order valence-corrected chi connectivity index (χ1v) is 6.72. The molecule has 0 aliphatic carbocycles. The van der Waals surface area contributed by atoms with Gasteiger partial charge in [-0.2, -0.15) is 0 Å². The van der Waals surface area contributed by atoms with Crippen LogP contribution in [0.1, 0.15) is 29.8 Å². The Hall–Kier alpha value is -1.90. The van der Waals surface area contributed by atoms with E-state index in [1.54, 1.807) is 0 Å². The second-order valence-electron chi connectivity index (χ2n) is 5.59. The molecule has 4 nitrogen and oxygen atoms in total. The van der Waals surface area contributed by atoms with Gasteiger partial charge in [-0.15, -0.1) is 0 Å². The zero-order valence-corrected chi connectivity index (χ0v) is 13.0. The number of carbonyl (C=O) groups is 1. The lowest BCUT2D eigenvalue weighted by atomic mass is 10.0. The van der Waals surface area contributed by atoms with Crippen molar-refractivity contribution in [1.82, 2.24) is 10.2 Å². The van der Waals surface area contributed by atoms with Gasteiger partial charge in [0, 0.05) is 17.6 Å². The SMILES string of the molecule is CN(C)C(C)(C)CNC(=O)c1cc(F)ccc1C#CCN. The number of halogens is 1. The van der Waals surface area contributed by atoms with E-state index >= 15 is 0 Å². The van der Waals surface area contributed by atoms with E-state index in [0.29, 0.717) is 12.1 Å². The van der Waals surface area contributed by atoms with Crippen LogP contribution in [0.25, 0.3) is 0 Å². The lowest BCUT2D eigenvalue weighted by Gasteiger charge is -2.32. The summed E-state index contributed by atoms with van der Waals surface area (Å²) in [5.74, 6) is 4.66. The lowest BCUT2D eigenvalue weighted by Crippen LogP contribution is -2.48. The summed E-state index contributed by atoms with van der Waals surface area (Å²) in [7, 11) is 3.87. The van der Waals surface area contributed by atoms with Crippen LogP contribution in [0.5, 0.6) is 0 Å². The molecule has 21 heavy (non-hydrogen) atoms. The number of carbonyl (C=O) groups excluding carboxylic acids is 1. The zero-order valence-electron chi connectivity index (χ0n) is 13.0. The van der Waals surface area contributed by atoms with E-state index in [1.165, 1.54) is 18.2 Å². The molecule has 0 aliphatic heterocycles. The molecule has 0 heterocycles. The van der Waals surface area contributed by atoms with Gasteiger partial charge < -0.3 is 16.0 Å². The van der Waals surface area contributed by atoms with Crippen molar-refractivity contribution in [3.05, 3.63) is 35.1 Å². The van der Waals surface area contributed by atoms with Crippen LogP contribution in [0.3, 0.4) is 0 Å². The number of nitrogens with zero attached hydrogens (tertiary/aromatic N) is 1. The molecule has 3 N–H and O–H groups in total. The minimum atomic E-state index is -0.467. The van der Waals surface area contributed by atoms with Gasteiger partial charge in [0.2, 0.25) is 0 Å². The summed E-state index contributed by atoms with van der Waals surface area (Å²) < 4.78 is 13.4. The van der Waals surface area contributed by atoms with E-state index in [1.807, 2.05) is 32.8 Å². The fourth-order valence-electron chi connectivity index (χ4n) is 1.51. The van der Waals surface area contributed by atoms with Gasteiger partial charge in [0.15, 0.2) is 0 Å². The first-order valence-electron chi connectivity index (χ1n) is 6.72. The molecule has 0 spiro atoms. The maximum atomic E-state index is 13.4. The van der Waals surface area contributed by atoms with Gasteiger partial charge >= 0.3 is 0 Å². The summed E-state index contributed by atoms with van der Waals surface area (Å²) in [4.78, 5) is 14.3. The third-order valence-electron chi connectivity index (χ3n) is 3.44. The van der Waals surface area contributed by atoms with Crippen LogP contribution in [0.15, 0.2) is 18.2 Å². The summed E-state index contributed by atoms with van der Waals surface area (Å²) in [6.07, 6.45) is 0. The monoisotopic (exact) mass is 291 g/mol. The van der Waals surface area contributed by atoms with Gasteiger partial charge in [0.05, 0.1) is 12.1 Å². The molecule has 114 valence electrons. The molecular formula is C16H22FN3O. The minimum Gasteiger partial charge on any atom is -0.350 e. The van der Waals surface area contributed by atoms with Crippen molar-refractivity contribution in [2.24, 2.45) is 5.73 Å². The Morgan fingerprint density at radius 2 is 2.10 bits per heavy atom. The third kappa shape index (κ3) is 4.85. The van der Waals surface area contributed by atoms with Gasteiger partial charge in [0.25, 0.3) is 5.91 Å². The first-order chi connectivity index (χ1) is 9.77. The number of hydrogen-bond acceptors (Lipinski definition) is 3. The predicted molar refractivity (Wildman–Crippen MR) is 82.4 cm³/mol. The van der Waals surface area contributed by atoms with E-state index in [9.17, 15) is 9.18 Å². The third-order valence-corrected chi connectivity index (χ3v) is 3.44. The molecule has 0 atom stereocenters. The summed E-state index contributed by atoms with van der Waals surface area (Å²) in [5, 5.41) is 2.82. The maximum absolute atomic E-state index is 13.4. The summed E-state index contributed by atoms with van der Waals surface area (Å²) in [6, 6.07) is 3.96. The van der Waals surface area contributed by atoms with E-state index in [-0.39, 0.29) is 23.6 Å². The minimum absolute atomic E-state index is 0.187. The summed E-state index contributed by atoms with van der Waals surface area (Å²) in [6.45, 7) is 4.65. The van der Waals surface area contributed by atoms with E-state index < -0.39 is 5.82 Å². The fraction of sp³-hybridized carbons (Fsp3) is 0.438. The quantitative estimate of drug-likeness (QED) is 0.820. The molecule has 1 rings (SSSR count). The van der Waals surface area contributed by atoms with Crippen LogP contribution in [-0.2, 0) is 0 Å². The number of benzene rings is 1. The van der Waals surface area contributed by atoms with Crippen LogP contribution in [0.2, 0.25) is 0 Å². The largest absolute Gasteiger partial charge is 0.350 e. The Labute approximate surface area is 125 Å². The molecule has 1 aromatic rings. The highest BCUT2D eigenvalue weighted by Crippen LogP contribution is 2.12. The Morgan fingerprint density at radius 1 is 1.43 bits per heavy atom. The van der Waals surface area contributed by atoms with Crippen LogP contribution < -0.4 is 11.1 Å². The number of hydrogen-bond donors (Lipinski definition) is 2. The van der Waals surface area contributed by atoms with Crippen molar-refractivity contribution in [3.8, 4) is 11.8 Å². The fourth-order valence-corrected chi connectivity index (χ4v) is 1.51.